The highest BCUT2D eigenvalue weighted by Gasteiger charge is 2.19. The summed E-state index contributed by atoms with van der Waals surface area (Å²) in [5.41, 5.74) is 5.16. The van der Waals surface area contributed by atoms with Crippen molar-refractivity contribution >= 4 is 12.3 Å². The molecule has 2 aromatic rings. The highest BCUT2D eigenvalue weighted by Crippen LogP contribution is 2.38. The van der Waals surface area contributed by atoms with Crippen LogP contribution in [0.4, 0.5) is 9.59 Å². The Labute approximate surface area is 139 Å². The monoisotopic (exact) mass is 330 g/mol. The fraction of sp³-hybridized carbons (Fsp3) is 0.222. The number of ether oxygens (including phenoxy) is 2. The van der Waals surface area contributed by atoms with Gasteiger partial charge in [0.25, 0.3) is 0 Å². The molecule has 0 saturated carbocycles. The predicted octanol–water partition coefficient (Wildman–Crippen LogP) is 4.70. The third-order valence-electron chi connectivity index (χ3n) is 4.09. The number of carboxylic acid groups (broad SMARTS) is 2. The number of hydrogen-bond donors (Lipinski definition) is 2. The molecule has 0 atom stereocenters. The number of hydrogen-bond acceptors (Lipinski definition) is 4. The van der Waals surface area contributed by atoms with E-state index in [4.69, 9.17) is 14.9 Å². The maximum absolute atomic E-state index is 10.9. The van der Waals surface area contributed by atoms with Gasteiger partial charge in [0.1, 0.15) is 11.5 Å². The van der Waals surface area contributed by atoms with Crippen LogP contribution in [0.1, 0.15) is 22.3 Å². The van der Waals surface area contributed by atoms with Gasteiger partial charge >= 0.3 is 12.3 Å². The fourth-order valence-corrected chi connectivity index (χ4v) is 2.74. The van der Waals surface area contributed by atoms with Crippen LogP contribution in [0.25, 0.3) is 11.1 Å². The zero-order valence-electron chi connectivity index (χ0n) is 13.8. The van der Waals surface area contributed by atoms with Gasteiger partial charge in [-0.2, -0.15) is 0 Å². The zero-order valence-corrected chi connectivity index (χ0v) is 13.8. The van der Waals surface area contributed by atoms with E-state index in [1.165, 1.54) is 0 Å². The molecule has 0 saturated heterocycles. The van der Waals surface area contributed by atoms with Gasteiger partial charge in [-0.1, -0.05) is 12.1 Å². The molecule has 2 rings (SSSR count). The molecule has 0 fully saturated rings. The van der Waals surface area contributed by atoms with E-state index >= 15 is 0 Å². The Kier molecular flexibility index (Phi) is 4.78. The molecule has 0 aromatic heterocycles. The molecule has 6 nitrogen and oxygen atoms in total. The van der Waals surface area contributed by atoms with Crippen molar-refractivity contribution in [3.8, 4) is 22.6 Å². The van der Waals surface area contributed by atoms with Crippen molar-refractivity contribution in [3.05, 3.63) is 46.5 Å². The highest BCUT2D eigenvalue weighted by atomic mass is 16.7. The van der Waals surface area contributed by atoms with Crippen molar-refractivity contribution in [2.24, 2.45) is 0 Å². The molecule has 24 heavy (non-hydrogen) atoms. The number of benzene rings is 2. The molecule has 0 radical (unpaired) electrons. The molecule has 0 aliphatic heterocycles. The van der Waals surface area contributed by atoms with E-state index in [1.54, 1.807) is 24.3 Å². The Bertz CT molecular complexity index is 776. The summed E-state index contributed by atoms with van der Waals surface area (Å²) in [4.78, 5) is 21.5. The number of rotatable bonds is 3. The van der Waals surface area contributed by atoms with Gasteiger partial charge in [0.2, 0.25) is 0 Å². The molecule has 126 valence electrons. The Morgan fingerprint density at radius 2 is 1.21 bits per heavy atom. The summed E-state index contributed by atoms with van der Waals surface area (Å²) in [5, 5.41) is 17.5. The zero-order chi connectivity index (χ0) is 18.0. The van der Waals surface area contributed by atoms with Crippen LogP contribution in [0.5, 0.6) is 11.5 Å². The third kappa shape index (κ3) is 3.32. The van der Waals surface area contributed by atoms with Gasteiger partial charge in [0, 0.05) is 0 Å². The normalized spacial score (nSPS) is 10.3. The summed E-state index contributed by atoms with van der Waals surface area (Å²) >= 11 is 0. The Morgan fingerprint density at radius 1 is 0.750 bits per heavy atom. The molecule has 0 heterocycles. The van der Waals surface area contributed by atoms with E-state index in [1.807, 2.05) is 27.7 Å². The van der Waals surface area contributed by atoms with Crippen LogP contribution in [0.3, 0.4) is 0 Å². The first kappa shape index (κ1) is 17.3. The van der Waals surface area contributed by atoms with Crippen molar-refractivity contribution in [1.29, 1.82) is 0 Å². The number of carbonyl (C=O) groups is 2. The molecule has 6 heteroatoms. The van der Waals surface area contributed by atoms with Crippen molar-refractivity contribution < 1.29 is 29.3 Å². The van der Waals surface area contributed by atoms with Crippen LogP contribution >= 0.6 is 0 Å². The van der Waals surface area contributed by atoms with Crippen LogP contribution in [0.15, 0.2) is 24.3 Å². The smallest absolute Gasteiger partial charge is 0.449 e. The highest BCUT2D eigenvalue weighted by molar-refractivity contribution is 5.77. The maximum atomic E-state index is 10.9. The maximum Gasteiger partial charge on any atom is 0.511 e. The lowest BCUT2D eigenvalue weighted by Gasteiger charge is -2.19. The minimum atomic E-state index is -1.36. The summed E-state index contributed by atoms with van der Waals surface area (Å²) in [6, 6.07) is 6.69. The van der Waals surface area contributed by atoms with Crippen molar-refractivity contribution in [1.82, 2.24) is 0 Å². The Morgan fingerprint density at radius 3 is 1.62 bits per heavy atom. The quantitative estimate of drug-likeness (QED) is 0.626. The minimum Gasteiger partial charge on any atom is -0.449 e. The first-order valence-corrected chi connectivity index (χ1v) is 7.24. The Hall–Kier alpha value is -3.02. The van der Waals surface area contributed by atoms with Crippen LogP contribution in [-0.4, -0.2) is 22.5 Å². The minimum absolute atomic E-state index is 0.237. The molecule has 0 aliphatic rings. The Balaban J connectivity index is 2.55. The second kappa shape index (κ2) is 6.62. The standard InChI is InChI=1S/C18H18O6/c1-9-11(3)16(24-18(21)22)12(4)10(2)15(9)13-5-7-14(8-6-13)23-17(19)20/h5-8H,1-4H3,(H,19,20)(H,21,22). The topological polar surface area (TPSA) is 93.1 Å². The van der Waals surface area contributed by atoms with Crippen LogP contribution < -0.4 is 9.47 Å². The summed E-state index contributed by atoms with van der Waals surface area (Å²) in [6.07, 6.45) is -2.71. The molecule has 2 aromatic carbocycles. The van der Waals surface area contributed by atoms with Crippen LogP contribution in [0.2, 0.25) is 0 Å². The van der Waals surface area contributed by atoms with Crippen molar-refractivity contribution in [2.75, 3.05) is 0 Å². The summed E-state index contributed by atoms with van der Waals surface area (Å²) in [7, 11) is 0. The molecular weight excluding hydrogens is 312 g/mol. The lowest BCUT2D eigenvalue weighted by atomic mass is 9.89. The third-order valence-corrected chi connectivity index (χ3v) is 4.09. The van der Waals surface area contributed by atoms with Crippen LogP contribution in [-0.2, 0) is 0 Å². The summed E-state index contributed by atoms with van der Waals surface area (Å²) < 4.78 is 9.53. The lowest BCUT2D eigenvalue weighted by Crippen LogP contribution is -2.08. The van der Waals surface area contributed by atoms with Crippen molar-refractivity contribution in [3.63, 3.8) is 0 Å². The van der Waals surface area contributed by atoms with Gasteiger partial charge in [-0.25, -0.2) is 9.59 Å². The molecular formula is C18H18O6. The largest absolute Gasteiger partial charge is 0.511 e. The second-order valence-electron chi connectivity index (χ2n) is 5.46. The van der Waals surface area contributed by atoms with E-state index in [-0.39, 0.29) is 5.75 Å². The fourth-order valence-electron chi connectivity index (χ4n) is 2.74. The van der Waals surface area contributed by atoms with Crippen LogP contribution in [0, 0.1) is 27.7 Å². The molecule has 0 amide bonds. The van der Waals surface area contributed by atoms with Gasteiger partial charge in [0.15, 0.2) is 0 Å². The first-order valence-electron chi connectivity index (χ1n) is 7.24. The predicted molar refractivity (Wildman–Crippen MR) is 88.1 cm³/mol. The lowest BCUT2D eigenvalue weighted by molar-refractivity contribution is 0.142. The average molecular weight is 330 g/mol. The van der Waals surface area contributed by atoms with E-state index in [2.05, 4.69) is 4.74 Å². The molecule has 2 N–H and O–H groups in total. The van der Waals surface area contributed by atoms with E-state index in [9.17, 15) is 9.59 Å². The van der Waals surface area contributed by atoms with Crippen molar-refractivity contribution in [2.45, 2.75) is 27.7 Å². The SMILES string of the molecule is Cc1c(C)c(-c2ccc(OC(=O)O)cc2)c(C)c(C)c1OC(=O)O. The molecule has 0 spiro atoms. The van der Waals surface area contributed by atoms with E-state index < -0.39 is 12.3 Å². The van der Waals surface area contributed by atoms with E-state index in [0.29, 0.717) is 5.75 Å². The first-order chi connectivity index (χ1) is 11.2. The molecule has 0 bridgehead atoms. The van der Waals surface area contributed by atoms with Gasteiger partial charge in [-0.05, 0) is 73.2 Å². The van der Waals surface area contributed by atoms with E-state index in [0.717, 1.165) is 33.4 Å². The average Bonchev–Trinajstić information content (AvgIpc) is 2.51. The van der Waals surface area contributed by atoms with Gasteiger partial charge < -0.3 is 19.7 Å². The molecule has 0 aliphatic carbocycles. The molecule has 0 unspecified atom stereocenters. The summed E-state index contributed by atoms with van der Waals surface area (Å²) in [5.74, 6) is 0.591. The summed E-state index contributed by atoms with van der Waals surface area (Å²) in [6.45, 7) is 7.41. The second-order valence-corrected chi connectivity index (χ2v) is 5.46. The van der Waals surface area contributed by atoms with Gasteiger partial charge in [0.05, 0.1) is 0 Å². The van der Waals surface area contributed by atoms with Gasteiger partial charge in [-0.15, -0.1) is 0 Å². The van der Waals surface area contributed by atoms with Gasteiger partial charge in [-0.3, -0.25) is 0 Å².